The standard InChI is InChI=1S/C11H16N2O2S/c1-3-7(2)9(10(12)14)13-11(15)8-5-4-6-16-8/h4-7,9H,3H2,1-2H3,(H2,12,14)(H,13,15). The van der Waals surface area contributed by atoms with E-state index in [1.807, 2.05) is 19.2 Å². The van der Waals surface area contributed by atoms with E-state index in [1.165, 1.54) is 11.3 Å². The van der Waals surface area contributed by atoms with Crippen molar-refractivity contribution in [3.63, 3.8) is 0 Å². The molecule has 0 saturated carbocycles. The first-order chi connectivity index (χ1) is 7.56. The van der Waals surface area contributed by atoms with E-state index in [-0.39, 0.29) is 11.8 Å². The fourth-order valence-corrected chi connectivity index (χ4v) is 1.98. The van der Waals surface area contributed by atoms with Gasteiger partial charge in [-0.3, -0.25) is 9.59 Å². The largest absolute Gasteiger partial charge is 0.368 e. The second-order valence-corrected chi connectivity index (χ2v) is 4.66. The van der Waals surface area contributed by atoms with Crippen LogP contribution in [0.1, 0.15) is 29.9 Å². The maximum atomic E-state index is 11.7. The van der Waals surface area contributed by atoms with Crippen molar-refractivity contribution in [2.24, 2.45) is 11.7 Å². The number of nitrogens with two attached hydrogens (primary N) is 1. The Labute approximate surface area is 98.8 Å². The van der Waals surface area contributed by atoms with E-state index in [9.17, 15) is 9.59 Å². The molecule has 16 heavy (non-hydrogen) atoms. The van der Waals surface area contributed by atoms with Crippen LogP contribution in [0.15, 0.2) is 17.5 Å². The first-order valence-electron chi connectivity index (χ1n) is 5.20. The molecule has 88 valence electrons. The molecular formula is C11H16N2O2S. The van der Waals surface area contributed by atoms with Crippen LogP contribution in [0, 0.1) is 5.92 Å². The number of hydrogen-bond donors (Lipinski definition) is 2. The van der Waals surface area contributed by atoms with Crippen LogP contribution in [0.3, 0.4) is 0 Å². The summed E-state index contributed by atoms with van der Waals surface area (Å²) >= 11 is 1.34. The molecule has 0 aliphatic rings. The lowest BCUT2D eigenvalue weighted by atomic mass is 9.98. The Kier molecular flexibility index (Phi) is 4.49. The molecule has 0 saturated heterocycles. The third kappa shape index (κ3) is 3.06. The van der Waals surface area contributed by atoms with Crippen molar-refractivity contribution < 1.29 is 9.59 Å². The Bertz CT molecular complexity index is 362. The predicted molar refractivity (Wildman–Crippen MR) is 64.2 cm³/mol. The van der Waals surface area contributed by atoms with Gasteiger partial charge in [0.2, 0.25) is 5.91 Å². The van der Waals surface area contributed by atoms with Gasteiger partial charge < -0.3 is 11.1 Å². The van der Waals surface area contributed by atoms with Crippen molar-refractivity contribution >= 4 is 23.2 Å². The van der Waals surface area contributed by atoms with E-state index in [4.69, 9.17) is 5.73 Å². The highest BCUT2D eigenvalue weighted by Crippen LogP contribution is 2.11. The summed E-state index contributed by atoms with van der Waals surface area (Å²) in [6.45, 7) is 3.85. The van der Waals surface area contributed by atoms with Gasteiger partial charge in [-0.2, -0.15) is 0 Å². The zero-order chi connectivity index (χ0) is 12.1. The van der Waals surface area contributed by atoms with Crippen LogP contribution in [0.2, 0.25) is 0 Å². The normalized spacial score (nSPS) is 14.1. The molecule has 0 aromatic carbocycles. The molecule has 1 aromatic rings. The molecule has 3 N–H and O–H groups in total. The Morgan fingerprint density at radius 2 is 2.25 bits per heavy atom. The number of amides is 2. The summed E-state index contributed by atoms with van der Waals surface area (Å²) in [5.41, 5.74) is 5.26. The van der Waals surface area contributed by atoms with Gasteiger partial charge in [0.05, 0.1) is 4.88 Å². The minimum Gasteiger partial charge on any atom is -0.368 e. The number of carbonyl (C=O) groups is 2. The monoisotopic (exact) mass is 240 g/mol. The van der Waals surface area contributed by atoms with E-state index in [0.29, 0.717) is 4.88 Å². The van der Waals surface area contributed by atoms with E-state index in [1.54, 1.807) is 12.1 Å². The summed E-state index contributed by atoms with van der Waals surface area (Å²) in [5, 5.41) is 4.48. The van der Waals surface area contributed by atoms with Gasteiger partial charge in [0, 0.05) is 0 Å². The molecule has 0 spiro atoms. The number of primary amides is 1. The minimum atomic E-state index is -0.598. The highest BCUT2D eigenvalue weighted by Gasteiger charge is 2.24. The van der Waals surface area contributed by atoms with E-state index >= 15 is 0 Å². The van der Waals surface area contributed by atoms with Crippen LogP contribution in [-0.4, -0.2) is 17.9 Å². The molecule has 2 atom stereocenters. The van der Waals surface area contributed by atoms with Crippen molar-refractivity contribution in [1.82, 2.24) is 5.32 Å². The van der Waals surface area contributed by atoms with Gasteiger partial charge >= 0.3 is 0 Å². The summed E-state index contributed by atoms with van der Waals surface area (Å²) in [7, 11) is 0. The maximum Gasteiger partial charge on any atom is 0.262 e. The summed E-state index contributed by atoms with van der Waals surface area (Å²) < 4.78 is 0. The molecule has 2 amide bonds. The number of nitrogens with one attached hydrogen (secondary N) is 1. The van der Waals surface area contributed by atoms with Gasteiger partial charge in [-0.15, -0.1) is 11.3 Å². The Morgan fingerprint density at radius 3 is 2.69 bits per heavy atom. The Hall–Kier alpha value is -1.36. The van der Waals surface area contributed by atoms with Crippen LogP contribution in [0.5, 0.6) is 0 Å². The number of thiophene rings is 1. The second-order valence-electron chi connectivity index (χ2n) is 3.72. The molecule has 1 rings (SSSR count). The van der Waals surface area contributed by atoms with Crippen LogP contribution in [0.4, 0.5) is 0 Å². The van der Waals surface area contributed by atoms with Crippen molar-refractivity contribution in [2.75, 3.05) is 0 Å². The van der Waals surface area contributed by atoms with Crippen LogP contribution >= 0.6 is 11.3 Å². The van der Waals surface area contributed by atoms with Gasteiger partial charge in [-0.1, -0.05) is 26.3 Å². The molecule has 2 unspecified atom stereocenters. The second kappa shape index (κ2) is 5.65. The smallest absolute Gasteiger partial charge is 0.262 e. The first kappa shape index (κ1) is 12.7. The van der Waals surface area contributed by atoms with E-state index in [0.717, 1.165) is 6.42 Å². The fraction of sp³-hybridized carbons (Fsp3) is 0.455. The maximum absolute atomic E-state index is 11.7. The molecular weight excluding hydrogens is 224 g/mol. The highest BCUT2D eigenvalue weighted by atomic mass is 32.1. The van der Waals surface area contributed by atoms with Crippen molar-refractivity contribution in [3.05, 3.63) is 22.4 Å². The molecule has 0 radical (unpaired) electrons. The molecule has 0 bridgehead atoms. The zero-order valence-electron chi connectivity index (χ0n) is 9.40. The molecule has 5 heteroatoms. The SMILES string of the molecule is CCC(C)C(NC(=O)c1cccs1)C(N)=O. The quantitative estimate of drug-likeness (QED) is 0.816. The number of carbonyl (C=O) groups excluding carboxylic acids is 2. The Morgan fingerprint density at radius 1 is 1.56 bits per heavy atom. The summed E-state index contributed by atoms with van der Waals surface area (Å²) in [6.07, 6.45) is 0.790. The lowest BCUT2D eigenvalue weighted by Crippen LogP contribution is -2.48. The average molecular weight is 240 g/mol. The van der Waals surface area contributed by atoms with Gasteiger partial charge in [0.1, 0.15) is 6.04 Å². The first-order valence-corrected chi connectivity index (χ1v) is 6.08. The van der Waals surface area contributed by atoms with Crippen LogP contribution < -0.4 is 11.1 Å². The van der Waals surface area contributed by atoms with Crippen LogP contribution in [0.25, 0.3) is 0 Å². The number of hydrogen-bond acceptors (Lipinski definition) is 3. The fourth-order valence-electron chi connectivity index (χ4n) is 1.35. The Balaban J connectivity index is 2.69. The summed E-state index contributed by atoms with van der Waals surface area (Å²) in [4.78, 5) is 23.5. The summed E-state index contributed by atoms with van der Waals surface area (Å²) in [5.74, 6) is -0.681. The zero-order valence-corrected chi connectivity index (χ0v) is 10.2. The third-order valence-electron chi connectivity index (χ3n) is 2.55. The molecule has 0 aliphatic carbocycles. The third-order valence-corrected chi connectivity index (χ3v) is 3.42. The topological polar surface area (TPSA) is 72.2 Å². The lowest BCUT2D eigenvalue weighted by molar-refractivity contribution is -0.120. The highest BCUT2D eigenvalue weighted by molar-refractivity contribution is 7.12. The average Bonchev–Trinajstić information content (AvgIpc) is 2.77. The minimum absolute atomic E-state index is 0.0430. The molecule has 1 heterocycles. The van der Waals surface area contributed by atoms with E-state index < -0.39 is 11.9 Å². The number of rotatable bonds is 5. The van der Waals surface area contributed by atoms with Gasteiger partial charge in [-0.05, 0) is 17.4 Å². The van der Waals surface area contributed by atoms with Gasteiger partial charge in [0.15, 0.2) is 0 Å². The van der Waals surface area contributed by atoms with Crippen LogP contribution in [-0.2, 0) is 4.79 Å². The van der Waals surface area contributed by atoms with E-state index in [2.05, 4.69) is 5.32 Å². The molecule has 0 fully saturated rings. The molecule has 4 nitrogen and oxygen atoms in total. The van der Waals surface area contributed by atoms with Gasteiger partial charge in [0.25, 0.3) is 5.91 Å². The summed E-state index contributed by atoms with van der Waals surface area (Å²) in [6, 6.07) is 2.91. The van der Waals surface area contributed by atoms with Crippen molar-refractivity contribution in [1.29, 1.82) is 0 Å². The molecule has 0 aliphatic heterocycles. The van der Waals surface area contributed by atoms with Crippen molar-refractivity contribution in [2.45, 2.75) is 26.3 Å². The molecule has 1 aromatic heterocycles. The predicted octanol–water partition coefficient (Wildman–Crippen LogP) is 1.38. The van der Waals surface area contributed by atoms with Crippen molar-refractivity contribution in [3.8, 4) is 0 Å². The van der Waals surface area contributed by atoms with Gasteiger partial charge in [-0.25, -0.2) is 0 Å². The lowest BCUT2D eigenvalue weighted by Gasteiger charge is -2.20.